The third-order valence-corrected chi connectivity index (χ3v) is 3.19. The van der Waals surface area contributed by atoms with Crippen LogP contribution in [0.4, 0.5) is 5.69 Å². The first-order valence-corrected chi connectivity index (χ1v) is 6.59. The van der Waals surface area contributed by atoms with Crippen LogP contribution in [-0.2, 0) is 4.74 Å². The Morgan fingerprint density at radius 2 is 2.16 bits per heavy atom. The summed E-state index contributed by atoms with van der Waals surface area (Å²) < 4.78 is 4.67. The van der Waals surface area contributed by atoms with Crippen molar-refractivity contribution in [2.75, 3.05) is 25.2 Å². The van der Waals surface area contributed by atoms with Gasteiger partial charge in [0.2, 0.25) is 0 Å². The summed E-state index contributed by atoms with van der Waals surface area (Å²) in [6.07, 6.45) is 3.55. The highest BCUT2D eigenvalue weighted by Gasteiger charge is 2.17. The summed E-state index contributed by atoms with van der Waals surface area (Å²) >= 11 is 0. The number of carbonyl (C=O) groups excluding carboxylic acids is 1. The number of esters is 1. The van der Waals surface area contributed by atoms with Crippen LogP contribution in [-0.4, -0.2) is 42.4 Å². The van der Waals surface area contributed by atoms with Crippen molar-refractivity contribution in [2.24, 2.45) is 0 Å². The molecule has 1 aromatic heterocycles. The maximum atomic E-state index is 11.5. The van der Waals surface area contributed by atoms with E-state index in [1.807, 2.05) is 6.07 Å². The van der Waals surface area contributed by atoms with Crippen LogP contribution in [0.15, 0.2) is 18.3 Å². The zero-order valence-corrected chi connectivity index (χ0v) is 11.8. The molecule has 0 aliphatic carbocycles. The average Bonchev–Trinajstić information content (AvgIpc) is 2.46. The van der Waals surface area contributed by atoms with Gasteiger partial charge in [-0.15, -0.1) is 0 Å². The van der Waals surface area contributed by atoms with Gasteiger partial charge in [0.25, 0.3) is 0 Å². The molecule has 0 aromatic carbocycles. The third kappa shape index (κ3) is 3.92. The van der Waals surface area contributed by atoms with Crippen LogP contribution in [0, 0.1) is 0 Å². The Labute approximate surface area is 114 Å². The van der Waals surface area contributed by atoms with E-state index in [4.69, 9.17) is 0 Å². The molecule has 0 amide bonds. The minimum atomic E-state index is -0.449. The number of pyridine rings is 1. The summed E-state index contributed by atoms with van der Waals surface area (Å²) in [5, 5.41) is 9.21. The van der Waals surface area contributed by atoms with Crippen molar-refractivity contribution in [3.63, 3.8) is 0 Å². The number of aliphatic hydroxyl groups is 1. The van der Waals surface area contributed by atoms with Crippen LogP contribution in [0.25, 0.3) is 0 Å². The van der Waals surface area contributed by atoms with Gasteiger partial charge in [0, 0.05) is 24.5 Å². The Kier molecular flexibility index (Phi) is 6.29. The highest BCUT2D eigenvalue weighted by atomic mass is 16.5. The molecule has 0 aliphatic rings. The largest absolute Gasteiger partial charge is 0.464 e. The predicted molar refractivity (Wildman–Crippen MR) is 74.4 cm³/mol. The molecule has 1 rings (SSSR count). The van der Waals surface area contributed by atoms with Gasteiger partial charge in [-0.25, -0.2) is 9.78 Å². The summed E-state index contributed by atoms with van der Waals surface area (Å²) in [4.78, 5) is 17.6. The lowest BCUT2D eigenvalue weighted by molar-refractivity contribution is 0.0594. The van der Waals surface area contributed by atoms with E-state index >= 15 is 0 Å². The van der Waals surface area contributed by atoms with Crippen molar-refractivity contribution in [3.8, 4) is 0 Å². The molecule has 0 atom stereocenters. The van der Waals surface area contributed by atoms with Crippen molar-refractivity contribution < 1.29 is 14.6 Å². The van der Waals surface area contributed by atoms with Crippen LogP contribution in [0.2, 0.25) is 0 Å². The third-order valence-electron chi connectivity index (χ3n) is 3.19. The van der Waals surface area contributed by atoms with E-state index in [-0.39, 0.29) is 12.3 Å². The molecule has 5 nitrogen and oxygen atoms in total. The van der Waals surface area contributed by atoms with Crippen LogP contribution >= 0.6 is 0 Å². The van der Waals surface area contributed by atoms with E-state index in [0.717, 1.165) is 18.5 Å². The Morgan fingerprint density at radius 3 is 2.68 bits per heavy atom. The molecule has 1 heterocycles. The molecule has 0 fully saturated rings. The Bertz CT molecular complexity index is 405. The summed E-state index contributed by atoms with van der Waals surface area (Å²) in [6, 6.07) is 3.89. The predicted octanol–water partition coefficient (Wildman–Crippen LogP) is 1.86. The SMILES string of the molecule is CCC(CC)N(CCO)c1ccnc(C(=O)OC)c1. The fourth-order valence-electron chi connectivity index (χ4n) is 2.17. The highest BCUT2D eigenvalue weighted by molar-refractivity contribution is 5.88. The molecule has 0 bridgehead atoms. The second-order valence-electron chi connectivity index (χ2n) is 4.28. The Hall–Kier alpha value is -1.62. The van der Waals surface area contributed by atoms with Crippen molar-refractivity contribution >= 4 is 11.7 Å². The lowest BCUT2D eigenvalue weighted by Gasteiger charge is -2.32. The van der Waals surface area contributed by atoms with Gasteiger partial charge in [0.15, 0.2) is 0 Å². The highest BCUT2D eigenvalue weighted by Crippen LogP contribution is 2.20. The van der Waals surface area contributed by atoms with Gasteiger partial charge in [-0.2, -0.15) is 0 Å². The molecular formula is C14H22N2O3. The molecule has 5 heteroatoms. The van der Waals surface area contributed by atoms with E-state index in [2.05, 4.69) is 28.5 Å². The number of aromatic nitrogens is 1. The van der Waals surface area contributed by atoms with Crippen molar-refractivity contribution in [2.45, 2.75) is 32.7 Å². The molecule has 0 saturated heterocycles. The summed E-state index contributed by atoms with van der Waals surface area (Å²) in [5.74, 6) is -0.449. The van der Waals surface area contributed by atoms with Gasteiger partial charge < -0.3 is 14.7 Å². The van der Waals surface area contributed by atoms with Crippen molar-refractivity contribution in [1.82, 2.24) is 4.98 Å². The van der Waals surface area contributed by atoms with Gasteiger partial charge in [0.05, 0.1) is 13.7 Å². The number of ether oxygens (including phenoxy) is 1. The molecule has 0 radical (unpaired) electrons. The topological polar surface area (TPSA) is 62.7 Å². The van der Waals surface area contributed by atoms with Crippen LogP contribution in [0.1, 0.15) is 37.2 Å². The summed E-state index contributed by atoms with van der Waals surface area (Å²) in [6.45, 7) is 4.84. The first-order chi connectivity index (χ1) is 9.17. The number of methoxy groups -OCH3 is 1. The minimum Gasteiger partial charge on any atom is -0.464 e. The zero-order valence-electron chi connectivity index (χ0n) is 11.8. The molecule has 0 spiro atoms. The number of hydrogen-bond acceptors (Lipinski definition) is 5. The number of rotatable bonds is 7. The second-order valence-corrected chi connectivity index (χ2v) is 4.28. The van der Waals surface area contributed by atoms with E-state index in [1.54, 1.807) is 12.3 Å². The van der Waals surface area contributed by atoms with Gasteiger partial charge in [-0.3, -0.25) is 0 Å². The van der Waals surface area contributed by atoms with Gasteiger partial charge in [-0.1, -0.05) is 13.8 Å². The molecule has 0 unspecified atom stereocenters. The fraction of sp³-hybridized carbons (Fsp3) is 0.571. The summed E-state index contributed by atoms with van der Waals surface area (Å²) in [7, 11) is 1.34. The molecule has 0 aliphatic heterocycles. The lowest BCUT2D eigenvalue weighted by Crippen LogP contribution is -2.37. The standard InChI is InChI=1S/C14H22N2O3/c1-4-11(5-2)16(8-9-17)12-6-7-15-13(10-12)14(18)19-3/h6-7,10-11,17H,4-5,8-9H2,1-3H3. The monoisotopic (exact) mass is 266 g/mol. The van der Waals surface area contributed by atoms with E-state index in [9.17, 15) is 9.90 Å². The fourth-order valence-corrected chi connectivity index (χ4v) is 2.17. The van der Waals surface area contributed by atoms with Gasteiger partial charge in [-0.05, 0) is 25.0 Å². The lowest BCUT2D eigenvalue weighted by atomic mass is 10.1. The normalized spacial score (nSPS) is 10.6. The molecule has 1 N–H and O–H groups in total. The van der Waals surface area contributed by atoms with Crippen LogP contribution in [0.5, 0.6) is 0 Å². The molecular weight excluding hydrogens is 244 g/mol. The van der Waals surface area contributed by atoms with E-state index in [1.165, 1.54) is 7.11 Å². The smallest absolute Gasteiger partial charge is 0.356 e. The molecule has 106 valence electrons. The molecule has 1 aromatic rings. The second kappa shape index (κ2) is 7.74. The van der Waals surface area contributed by atoms with Crippen molar-refractivity contribution in [3.05, 3.63) is 24.0 Å². The number of anilines is 1. The van der Waals surface area contributed by atoms with E-state index < -0.39 is 5.97 Å². The molecule has 0 saturated carbocycles. The van der Waals surface area contributed by atoms with Gasteiger partial charge >= 0.3 is 5.97 Å². The van der Waals surface area contributed by atoms with Crippen molar-refractivity contribution in [1.29, 1.82) is 0 Å². The van der Waals surface area contributed by atoms with E-state index in [0.29, 0.717) is 12.6 Å². The zero-order chi connectivity index (χ0) is 14.3. The quantitative estimate of drug-likeness (QED) is 0.763. The van der Waals surface area contributed by atoms with Gasteiger partial charge in [0.1, 0.15) is 5.69 Å². The minimum absolute atomic E-state index is 0.0758. The summed E-state index contributed by atoms with van der Waals surface area (Å²) in [5.41, 5.74) is 1.17. The number of carbonyl (C=O) groups is 1. The molecule has 19 heavy (non-hydrogen) atoms. The first kappa shape index (κ1) is 15.4. The number of aliphatic hydroxyl groups excluding tert-OH is 1. The number of hydrogen-bond donors (Lipinski definition) is 1. The maximum absolute atomic E-state index is 11.5. The number of nitrogens with zero attached hydrogens (tertiary/aromatic N) is 2. The first-order valence-electron chi connectivity index (χ1n) is 6.59. The Balaban J connectivity index is 3.05. The maximum Gasteiger partial charge on any atom is 0.356 e. The average molecular weight is 266 g/mol. The van der Waals surface area contributed by atoms with Crippen LogP contribution < -0.4 is 4.90 Å². The Morgan fingerprint density at radius 1 is 1.47 bits per heavy atom. The van der Waals surface area contributed by atoms with Crippen LogP contribution in [0.3, 0.4) is 0 Å².